The Bertz CT molecular complexity index is 567. The van der Waals surface area contributed by atoms with Gasteiger partial charge in [-0.1, -0.05) is 13.8 Å². The second kappa shape index (κ2) is 7.23. The first-order chi connectivity index (χ1) is 10.4. The van der Waals surface area contributed by atoms with E-state index < -0.39 is 0 Å². The molecule has 23 heavy (non-hydrogen) atoms. The molecule has 2 aliphatic rings. The third-order valence-electron chi connectivity index (χ3n) is 5.10. The van der Waals surface area contributed by atoms with E-state index in [1.54, 1.807) is 11.3 Å². The Kier molecular flexibility index (Phi) is 5.94. The zero-order chi connectivity index (χ0) is 15.9. The number of guanidine groups is 1. The number of nitrogens with zero attached hydrogens (tertiary/aromatic N) is 2. The van der Waals surface area contributed by atoms with Crippen LogP contribution in [0.25, 0.3) is 0 Å². The molecule has 1 saturated heterocycles. The van der Waals surface area contributed by atoms with Crippen LogP contribution in [0.1, 0.15) is 35.8 Å². The zero-order valence-corrected chi connectivity index (χ0v) is 17.6. The van der Waals surface area contributed by atoms with Gasteiger partial charge in [0, 0.05) is 35.9 Å². The number of ether oxygens (including phenoxy) is 1. The molecule has 1 aromatic rings. The highest BCUT2D eigenvalue weighted by atomic mass is 127. The number of fused-ring (bicyclic) bond motifs is 1. The first kappa shape index (κ1) is 18.9. The minimum Gasteiger partial charge on any atom is -0.377 e. The van der Waals surface area contributed by atoms with Gasteiger partial charge in [-0.2, -0.15) is 0 Å². The lowest BCUT2D eigenvalue weighted by Gasteiger charge is -2.54. The number of aromatic nitrogens is 1. The molecular formula is C16H27IN4OS. The van der Waals surface area contributed by atoms with Crippen LogP contribution < -0.4 is 10.6 Å². The highest BCUT2D eigenvalue weighted by Crippen LogP contribution is 2.52. The maximum absolute atomic E-state index is 5.85. The Morgan fingerprint density at radius 1 is 1.43 bits per heavy atom. The zero-order valence-electron chi connectivity index (χ0n) is 14.5. The Hall–Kier alpha value is -0.410. The Morgan fingerprint density at radius 2 is 2.17 bits per heavy atom. The Balaban J connectivity index is 0.00000192. The second-order valence-electron chi connectivity index (χ2n) is 6.86. The summed E-state index contributed by atoms with van der Waals surface area (Å²) in [6.07, 6.45) is 1.54. The molecule has 1 saturated carbocycles. The predicted octanol–water partition coefficient (Wildman–Crippen LogP) is 2.86. The van der Waals surface area contributed by atoms with E-state index in [1.165, 1.54) is 4.88 Å². The third-order valence-corrected chi connectivity index (χ3v) is 6.17. The van der Waals surface area contributed by atoms with Crippen molar-refractivity contribution in [2.45, 2.75) is 52.8 Å². The summed E-state index contributed by atoms with van der Waals surface area (Å²) in [6.45, 7) is 10.3. The first-order valence-electron chi connectivity index (χ1n) is 7.95. The normalized spacial score (nSPS) is 28.6. The van der Waals surface area contributed by atoms with Crippen LogP contribution in [0.4, 0.5) is 0 Å². The van der Waals surface area contributed by atoms with Crippen LogP contribution in [0.3, 0.4) is 0 Å². The van der Waals surface area contributed by atoms with Gasteiger partial charge in [0.05, 0.1) is 18.3 Å². The number of aliphatic imine (C=N–C) groups is 1. The molecule has 0 spiro atoms. The maximum atomic E-state index is 5.85. The van der Waals surface area contributed by atoms with E-state index in [4.69, 9.17) is 4.74 Å². The van der Waals surface area contributed by atoms with Gasteiger partial charge in [0.1, 0.15) is 5.01 Å². The molecule has 2 fully saturated rings. The lowest BCUT2D eigenvalue weighted by atomic mass is 9.57. The molecule has 3 unspecified atom stereocenters. The number of halogens is 1. The molecule has 3 rings (SSSR count). The van der Waals surface area contributed by atoms with Crippen LogP contribution in [0.15, 0.2) is 4.99 Å². The van der Waals surface area contributed by atoms with Crippen molar-refractivity contribution in [3.63, 3.8) is 0 Å². The summed E-state index contributed by atoms with van der Waals surface area (Å²) in [5.74, 6) is 1.46. The van der Waals surface area contributed by atoms with E-state index >= 15 is 0 Å². The number of aryl methyl sites for hydroxylation is 2. The van der Waals surface area contributed by atoms with E-state index in [2.05, 4.69) is 48.3 Å². The number of rotatable bonds is 3. The summed E-state index contributed by atoms with van der Waals surface area (Å²) in [6, 6.07) is 0.422. The second-order valence-corrected chi connectivity index (χ2v) is 8.15. The average Bonchev–Trinajstić information content (AvgIpc) is 3.05. The molecule has 0 radical (unpaired) electrons. The molecule has 0 aromatic carbocycles. The first-order valence-corrected chi connectivity index (χ1v) is 8.77. The number of thiazole rings is 1. The van der Waals surface area contributed by atoms with E-state index in [1.807, 2.05) is 7.05 Å². The fourth-order valence-corrected chi connectivity index (χ4v) is 4.61. The summed E-state index contributed by atoms with van der Waals surface area (Å²) in [4.78, 5) is 10.2. The van der Waals surface area contributed by atoms with Crippen molar-refractivity contribution in [2.75, 3.05) is 13.7 Å². The lowest BCUT2D eigenvalue weighted by Crippen LogP contribution is -2.67. The average molecular weight is 450 g/mol. The molecule has 0 amide bonds. The molecule has 7 heteroatoms. The maximum Gasteiger partial charge on any atom is 0.191 e. The molecule has 130 valence electrons. The van der Waals surface area contributed by atoms with Gasteiger partial charge < -0.3 is 15.4 Å². The van der Waals surface area contributed by atoms with Crippen molar-refractivity contribution in [1.82, 2.24) is 15.6 Å². The fourth-order valence-electron chi connectivity index (χ4n) is 3.73. The summed E-state index contributed by atoms with van der Waals surface area (Å²) < 4.78 is 5.85. The topological polar surface area (TPSA) is 58.5 Å². The molecule has 1 aromatic heterocycles. The van der Waals surface area contributed by atoms with Gasteiger partial charge in [-0.25, -0.2) is 4.98 Å². The summed E-state index contributed by atoms with van der Waals surface area (Å²) >= 11 is 1.74. The van der Waals surface area contributed by atoms with Crippen LogP contribution in [0, 0.1) is 25.2 Å². The largest absolute Gasteiger partial charge is 0.377 e. The van der Waals surface area contributed by atoms with Crippen LogP contribution in [0.5, 0.6) is 0 Å². The summed E-state index contributed by atoms with van der Waals surface area (Å²) in [7, 11) is 1.82. The van der Waals surface area contributed by atoms with Crippen LogP contribution in [-0.4, -0.2) is 36.7 Å². The van der Waals surface area contributed by atoms with E-state index in [0.717, 1.165) is 36.2 Å². The van der Waals surface area contributed by atoms with Crippen molar-refractivity contribution in [1.29, 1.82) is 0 Å². The standard InChI is InChI=1S/C16H26N4OS.HI/c1-9-10(2)22-12(19-9)8-18-15(17-5)20-13-11-6-7-21-14(11)16(13,3)4;/h11,13-14H,6-8H2,1-5H3,(H2,17,18,20);1H. The minimum absolute atomic E-state index is 0. The van der Waals surface area contributed by atoms with Gasteiger partial charge >= 0.3 is 0 Å². The van der Waals surface area contributed by atoms with Crippen molar-refractivity contribution in [3.8, 4) is 0 Å². The van der Waals surface area contributed by atoms with Gasteiger partial charge in [0.2, 0.25) is 0 Å². The molecule has 0 bridgehead atoms. The number of hydrogen-bond acceptors (Lipinski definition) is 4. The number of nitrogens with one attached hydrogen (secondary N) is 2. The van der Waals surface area contributed by atoms with E-state index in [0.29, 0.717) is 18.1 Å². The molecule has 3 atom stereocenters. The van der Waals surface area contributed by atoms with Crippen LogP contribution in [0.2, 0.25) is 0 Å². The molecule has 2 heterocycles. The predicted molar refractivity (Wildman–Crippen MR) is 106 cm³/mol. The van der Waals surface area contributed by atoms with Crippen molar-refractivity contribution >= 4 is 41.3 Å². The SMILES string of the molecule is CN=C(NCc1nc(C)c(C)s1)NC1C2CCOC2C1(C)C.I. The molecular weight excluding hydrogens is 423 g/mol. The van der Waals surface area contributed by atoms with Crippen molar-refractivity contribution in [3.05, 3.63) is 15.6 Å². The van der Waals surface area contributed by atoms with Crippen LogP contribution in [-0.2, 0) is 11.3 Å². The third kappa shape index (κ3) is 3.51. The molecule has 5 nitrogen and oxygen atoms in total. The monoisotopic (exact) mass is 450 g/mol. The highest BCUT2D eigenvalue weighted by Gasteiger charge is 2.59. The summed E-state index contributed by atoms with van der Waals surface area (Å²) in [5.41, 5.74) is 1.28. The lowest BCUT2D eigenvalue weighted by molar-refractivity contribution is -0.106. The summed E-state index contributed by atoms with van der Waals surface area (Å²) in [5, 5.41) is 8.09. The Morgan fingerprint density at radius 3 is 2.78 bits per heavy atom. The smallest absolute Gasteiger partial charge is 0.191 e. The Labute approximate surface area is 159 Å². The van der Waals surface area contributed by atoms with Gasteiger partial charge in [-0.05, 0) is 20.3 Å². The van der Waals surface area contributed by atoms with Crippen LogP contribution >= 0.6 is 35.3 Å². The molecule has 1 aliphatic heterocycles. The molecule has 2 N–H and O–H groups in total. The van der Waals surface area contributed by atoms with Crippen molar-refractivity contribution in [2.24, 2.45) is 16.3 Å². The van der Waals surface area contributed by atoms with Crippen molar-refractivity contribution < 1.29 is 4.74 Å². The van der Waals surface area contributed by atoms with Gasteiger partial charge in [-0.15, -0.1) is 35.3 Å². The fraction of sp³-hybridized carbons (Fsp3) is 0.750. The van der Waals surface area contributed by atoms with Gasteiger partial charge in [0.25, 0.3) is 0 Å². The van der Waals surface area contributed by atoms with E-state index in [-0.39, 0.29) is 29.4 Å². The quantitative estimate of drug-likeness (QED) is 0.423. The van der Waals surface area contributed by atoms with Gasteiger partial charge in [0.15, 0.2) is 5.96 Å². The highest BCUT2D eigenvalue weighted by molar-refractivity contribution is 14.0. The van der Waals surface area contributed by atoms with Gasteiger partial charge in [-0.3, -0.25) is 4.99 Å². The molecule has 1 aliphatic carbocycles. The minimum atomic E-state index is 0. The number of hydrogen-bond donors (Lipinski definition) is 2. The van der Waals surface area contributed by atoms with E-state index in [9.17, 15) is 0 Å².